The van der Waals surface area contributed by atoms with Crippen LogP contribution in [0.15, 0.2) is 71.8 Å². The van der Waals surface area contributed by atoms with Crippen molar-refractivity contribution in [1.29, 1.82) is 0 Å². The molecule has 1 N–H and O–H groups in total. The number of benzene rings is 3. The van der Waals surface area contributed by atoms with E-state index < -0.39 is 23.4 Å². The van der Waals surface area contributed by atoms with Crippen LogP contribution < -0.4 is 14.9 Å². The van der Waals surface area contributed by atoms with E-state index in [1.807, 2.05) is 0 Å². The third-order valence-corrected chi connectivity index (χ3v) is 4.50. The molecule has 0 radical (unpaired) electrons. The predicted molar refractivity (Wildman–Crippen MR) is 122 cm³/mol. The molecule has 10 heteroatoms. The van der Waals surface area contributed by atoms with Gasteiger partial charge in [-0.1, -0.05) is 17.7 Å². The molecule has 0 heterocycles. The quantitative estimate of drug-likeness (QED) is 0.173. The number of hydrogen-bond donors (Lipinski definition) is 1. The van der Waals surface area contributed by atoms with Gasteiger partial charge in [0.15, 0.2) is 12.4 Å². The summed E-state index contributed by atoms with van der Waals surface area (Å²) in [5.41, 5.74) is 3.76. The highest BCUT2D eigenvalue weighted by atomic mass is 35.5. The summed E-state index contributed by atoms with van der Waals surface area (Å²) in [7, 11) is 0. The predicted octanol–water partition coefficient (Wildman–Crippen LogP) is 4.30. The van der Waals surface area contributed by atoms with E-state index in [4.69, 9.17) is 21.1 Å². The van der Waals surface area contributed by atoms with Gasteiger partial charge < -0.3 is 9.47 Å². The first kappa shape index (κ1) is 23.4. The number of hydrogen-bond acceptors (Lipinski definition) is 7. The maximum Gasteiger partial charge on any atom is 0.343 e. The Bertz CT molecular complexity index is 1190. The number of nitro groups is 1. The lowest BCUT2D eigenvalue weighted by Crippen LogP contribution is -2.24. The van der Waals surface area contributed by atoms with E-state index in [-0.39, 0.29) is 11.4 Å². The van der Waals surface area contributed by atoms with Gasteiger partial charge in [-0.2, -0.15) is 5.10 Å². The van der Waals surface area contributed by atoms with Crippen molar-refractivity contribution in [3.63, 3.8) is 0 Å². The van der Waals surface area contributed by atoms with E-state index in [0.717, 1.165) is 0 Å². The molecule has 0 fully saturated rings. The van der Waals surface area contributed by atoms with Gasteiger partial charge in [-0.15, -0.1) is 0 Å². The number of nitro benzene ring substituents is 1. The molecular formula is C23H18ClN3O6. The normalized spacial score (nSPS) is 10.6. The van der Waals surface area contributed by atoms with E-state index in [1.165, 1.54) is 18.3 Å². The number of amides is 1. The third kappa shape index (κ3) is 6.88. The molecule has 3 aromatic rings. The van der Waals surface area contributed by atoms with E-state index >= 15 is 0 Å². The van der Waals surface area contributed by atoms with Crippen LogP contribution >= 0.6 is 11.6 Å². The Morgan fingerprint density at radius 1 is 1.09 bits per heavy atom. The Kier molecular flexibility index (Phi) is 7.72. The second-order valence-electron chi connectivity index (χ2n) is 6.78. The number of carbonyl (C=O) groups is 2. The molecule has 3 aromatic carbocycles. The van der Waals surface area contributed by atoms with E-state index in [9.17, 15) is 19.7 Å². The molecule has 0 unspecified atom stereocenters. The molecule has 0 atom stereocenters. The number of ether oxygens (including phenoxy) is 2. The lowest BCUT2D eigenvalue weighted by atomic mass is 10.2. The van der Waals surface area contributed by atoms with Crippen molar-refractivity contribution in [3.8, 4) is 11.5 Å². The fraction of sp³-hybridized carbons (Fsp3) is 0.0870. The third-order valence-electron chi connectivity index (χ3n) is 4.24. The Morgan fingerprint density at radius 3 is 2.45 bits per heavy atom. The average Bonchev–Trinajstić information content (AvgIpc) is 2.79. The maximum atomic E-state index is 12.1. The number of nitrogens with zero attached hydrogens (tertiary/aromatic N) is 2. The minimum Gasteiger partial charge on any atom is -0.477 e. The Labute approximate surface area is 193 Å². The van der Waals surface area contributed by atoms with Gasteiger partial charge in [0.25, 0.3) is 5.91 Å². The molecule has 0 aliphatic rings. The second-order valence-corrected chi connectivity index (χ2v) is 7.21. The van der Waals surface area contributed by atoms with Crippen molar-refractivity contribution in [3.05, 3.63) is 98.6 Å². The summed E-state index contributed by atoms with van der Waals surface area (Å²) in [5, 5.41) is 15.4. The number of rotatable bonds is 8. The van der Waals surface area contributed by atoms with Gasteiger partial charge in [0.1, 0.15) is 5.75 Å². The molecule has 1 amide bonds. The first-order valence-corrected chi connectivity index (χ1v) is 9.97. The molecule has 0 spiro atoms. The highest BCUT2D eigenvalue weighted by Crippen LogP contribution is 2.27. The monoisotopic (exact) mass is 467 g/mol. The highest BCUT2D eigenvalue weighted by Gasteiger charge is 2.16. The van der Waals surface area contributed by atoms with E-state index in [0.29, 0.717) is 27.5 Å². The molecule has 0 saturated heterocycles. The summed E-state index contributed by atoms with van der Waals surface area (Å²) in [6, 6.07) is 17.2. The van der Waals surface area contributed by atoms with Crippen molar-refractivity contribution in [1.82, 2.24) is 5.43 Å². The summed E-state index contributed by atoms with van der Waals surface area (Å²) in [5.74, 6) is -0.776. The lowest BCUT2D eigenvalue weighted by Gasteiger charge is -2.06. The smallest absolute Gasteiger partial charge is 0.343 e. The number of nitrogens with one attached hydrogen (secondary N) is 1. The Balaban J connectivity index is 1.49. The summed E-state index contributed by atoms with van der Waals surface area (Å²) < 4.78 is 10.5. The highest BCUT2D eigenvalue weighted by molar-refractivity contribution is 6.30. The zero-order valence-electron chi connectivity index (χ0n) is 17.4. The zero-order chi connectivity index (χ0) is 23.8. The van der Waals surface area contributed by atoms with Gasteiger partial charge in [-0.25, -0.2) is 10.2 Å². The van der Waals surface area contributed by atoms with Gasteiger partial charge >= 0.3 is 11.7 Å². The first-order valence-electron chi connectivity index (χ1n) is 9.59. The van der Waals surface area contributed by atoms with Crippen molar-refractivity contribution >= 4 is 35.4 Å². The van der Waals surface area contributed by atoms with Gasteiger partial charge in [0.05, 0.1) is 16.7 Å². The van der Waals surface area contributed by atoms with Crippen LogP contribution in [-0.2, 0) is 4.79 Å². The van der Waals surface area contributed by atoms with Crippen LogP contribution in [0.3, 0.4) is 0 Å². The number of aryl methyl sites for hydroxylation is 1. The fourth-order valence-electron chi connectivity index (χ4n) is 2.62. The SMILES string of the molecule is Cc1ccc(OCC(=O)NN=Cc2ccc(OC(=O)c3ccc(Cl)cc3)cc2)c([N+](=O)[O-])c1. The van der Waals surface area contributed by atoms with Crippen LogP contribution in [0.5, 0.6) is 11.5 Å². The molecule has 9 nitrogen and oxygen atoms in total. The molecule has 0 saturated carbocycles. The molecule has 0 aromatic heterocycles. The number of halogens is 1. The summed E-state index contributed by atoms with van der Waals surface area (Å²) in [6.45, 7) is 1.27. The van der Waals surface area contributed by atoms with Gasteiger partial charge in [-0.3, -0.25) is 14.9 Å². The van der Waals surface area contributed by atoms with Gasteiger partial charge in [-0.05, 0) is 72.6 Å². The Morgan fingerprint density at radius 2 is 1.79 bits per heavy atom. The van der Waals surface area contributed by atoms with Crippen LogP contribution in [-0.4, -0.2) is 29.6 Å². The van der Waals surface area contributed by atoms with Gasteiger partial charge in [0.2, 0.25) is 0 Å². The molecule has 3 rings (SSSR count). The van der Waals surface area contributed by atoms with Crippen molar-refractivity contribution < 1.29 is 24.0 Å². The first-order chi connectivity index (χ1) is 15.8. The molecule has 168 valence electrons. The molecule has 0 aliphatic carbocycles. The molecule has 0 aliphatic heterocycles. The lowest BCUT2D eigenvalue weighted by molar-refractivity contribution is -0.385. The molecule has 33 heavy (non-hydrogen) atoms. The van der Waals surface area contributed by atoms with Crippen LogP contribution in [0.1, 0.15) is 21.5 Å². The molecular weight excluding hydrogens is 450 g/mol. The zero-order valence-corrected chi connectivity index (χ0v) is 18.1. The summed E-state index contributed by atoms with van der Waals surface area (Å²) >= 11 is 5.80. The Hall–Kier alpha value is -4.24. The van der Waals surface area contributed by atoms with E-state index in [1.54, 1.807) is 61.5 Å². The fourth-order valence-corrected chi connectivity index (χ4v) is 2.75. The van der Waals surface area contributed by atoms with Crippen molar-refractivity contribution in [2.75, 3.05) is 6.61 Å². The summed E-state index contributed by atoms with van der Waals surface area (Å²) in [4.78, 5) is 34.5. The minimum absolute atomic E-state index is 0.00605. The van der Waals surface area contributed by atoms with Crippen LogP contribution in [0.4, 0.5) is 5.69 Å². The maximum absolute atomic E-state index is 12.1. The van der Waals surface area contributed by atoms with Crippen molar-refractivity contribution in [2.45, 2.75) is 6.92 Å². The standard InChI is InChI=1S/C23H18ClN3O6/c1-15-2-11-21(20(12-15)27(30)31)32-14-22(28)26-25-13-16-3-9-19(10-4-16)33-23(29)17-5-7-18(24)8-6-17/h2-13H,14H2,1H3,(H,26,28). The summed E-state index contributed by atoms with van der Waals surface area (Å²) in [6.07, 6.45) is 1.39. The largest absolute Gasteiger partial charge is 0.477 e. The van der Waals surface area contributed by atoms with Crippen LogP contribution in [0, 0.1) is 17.0 Å². The minimum atomic E-state index is -0.588. The van der Waals surface area contributed by atoms with Crippen LogP contribution in [0.2, 0.25) is 5.02 Å². The van der Waals surface area contributed by atoms with Crippen LogP contribution in [0.25, 0.3) is 0 Å². The second kappa shape index (κ2) is 10.9. The number of carbonyl (C=O) groups excluding carboxylic acids is 2. The number of hydrazone groups is 1. The molecule has 0 bridgehead atoms. The number of esters is 1. The topological polar surface area (TPSA) is 120 Å². The van der Waals surface area contributed by atoms with Gasteiger partial charge in [0, 0.05) is 11.1 Å². The van der Waals surface area contributed by atoms with E-state index in [2.05, 4.69) is 10.5 Å². The van der Waals surface area contributed by atoms with Crippen molar-refractivity contribution in [2.24, 2.45) is 5.10 Å². The average molecular weight is 468 g/mol.